The molecule has 21 heavy (non-hydrogen) atoms. The third-order valence-corrected chi connectivity index (χ3v) is 3.87. The molecule has 0 bridgehead atoms. The number of sulfone groups is 1. The number of hydrogen-bond acceptors (Lipinski definition) is 6. The Morgan fingerprint density at radius 2 is 2.14 bits per heavy atom. The molecule has 1 atom stereocenters. The molecule has 3 N–H and O–H groups in total. The molecule has 0 heterocycles. The highest BCUT2D eigenvalue weighted by atomic mass is 32.2. The quantitative estimate of drug-likeness (QED) is 0.659. The van der Waals surface area contributed by atoms with Gasteiger partial charge in [0.2, 0.25) is 0 Å². The molecule has 0 saturated heterocycles. The zero-order chi connectivity index (χ0) is 15.9. The van der Waals surface area contributed by atoms with Gasteiger partial charge in [-0.1, -0.05) is 12.1 Å². The van der Waals surface area contributed by atoms with Crippen LogP contribution in [0.2, 0.25) is 0 Å². The normalized spacial score (nSPS) is 13.4. The van der Waals surface area contributed by atoms with Crippen molar-refractivity contribution in [2.75, 3.05) is 38.8 Å². The summed E-state index contributed by atoms with van der Waals surface area (Å²) in [4.78, 5) is 1.77. The lowest BCUT2D eigenvalue weighted by Crippen LogP contribution is -2.35. The summed E-state index contributed by atoms with van der Waals surface area (Å²) in [5.41, 5.74) is 6.51. The van der Waals surface area contributed by atoms with Crippen LogP contribution < -0.4 is 10.5 Å². The Labute approximate surface area is 126 Å². The van der Waals surface area contributed by atoms with Gasteiger partial charge < -0.3 is 20.5 Å². The van der Waals surface area contributed by atoms with Gasteiger partial charge in [-0.25, -0.2) is 8.42 Å². The van der Waals surface area contributed by atoms with Crippen LogP contribution in [-0.2, 0) is 16.4 Å². The molecule has 1 unspecified atom stereocenters. The molecule has 0 aliphatic carbocycles. The third-order valence-electron chi connectivity index (χ3n) is 2.94. The van der Waals surface area contributed by atoms with Crippen molar-refractivity contribution < 1.29 is 18.3 Å². The van der Waals surface area contributed by atoms with E-state index in [-0.39, 0.29) is 12.4 Å². The molecule has 0 amide bonds. The number of nitrogens with two attached hydrogens (primary N) is 1. The summed E-state index contributed by atoms with van der Waals surface area (Å²) >= 11 is 0. The second-order valence-corrected chi connectivity index (χ2v) is 7.47. The summed E-state index contributed by atoms with van der Waals surface area (Å²) in [6, 6.07) is 7.39. The molecule has 0 spiro atoms. The number of ether oxygens (including phenoxy) is 1. The van der Waals surface area contributed by atoms with Crippen LogP contribution in [0.4, 0.5) is 0 Å². The van der Waals surface area contributed by atoms with E-state index >= 15 is 0 Å². The minimum Gasteiger partial charge on any atom is -0.491 e. The van der Waals surface area contributed by atoms with E-state index in [4.69, 9.17) is 10.5 Å². The summed E-state index contributed by atoms with van der Waals surface area (Å²) in [5, 5.41) is 9.90. The van der Waals surface area contributed by atoms with Crippen LogP contribution in [0.15, 0.2) is 24.3 Å². The topological polar surface area (TPSA) is 92.9 Å². The van der Waals surface area contributed by atoms with Gasteiger partial charge in [-0.2, -0.15) is 0 Å². The molecule has 0 aliphatic heterocycles. The van der Waals surface area contributed by atoms with Crippen LogP contribution in [0, 0.1) is 0 Å². The number of likely N-dealkylation sites (N-methyl/N-ethyl adjacent to an activating group) is 1. The van der Waals surface area contributed by atoms with Crippen molar-refractivity contribution in [3.63, 3.8) is 0 Å². The van der Waals surface area contributed by atoms with Gasteiger partial charge in [0.05, 0.1) is 5.75 Å². The zero-order valence-electron chi connectivity index (χ0n) is 12.5. The fourth-order valence-electron chi connectivity index (χ4n) is 1.78. The second kappa shape index (κ2) is 8.33. The van der Waals surface area contributed by atoms with E-state index in [1.54, 1.807) is 18.0 Å². The van der Waals surface area contributed by atoms with E-state index in [0.29, 0.717) is 25.4 Å². The van der Waals surface area contributed by atoms with Gasteiger partial charge in [0.1, 0.15) is 28.3 Å². The van der Waals surface area contributed by atoms with Crippen LogP contribution in [-0.4, -0.2) is 63.3 Å². The highest BCUT2D eigenvalue weighted by Gasteiger charge is 2.11. The van der Waals surface area contributed by atoms with Gasteiger partial charge in [-0.3, -0.25) is 0 Å². The van der Waals surface area contributed by atoms with Crippen molar-refractivity contribution >= 4 is 9.84 Å². The van der Waals surface area contributed by atoms with E-state index in [0.717, 1.165) is 5.56 Å². The molecule has 0 radical (unpaired) electrons. The monoisotopic (exact) mass is 316 g/mol. The number of nitrogens with zero attached hydrogens (tertiary/aromatic N) is 1. The predicted octanol–water partition coefficient (Wildman–Crippen LogP) is -0.139. The molecule has 0 aromatic heterocycles. The van der Waals surface area contributed by atoms with Crippen molar-refractivity contribution in [1.82, 2.24) is 4.90 Å². The lowest BCUT2D eigenvalue weighted by molar-refractivity contribution is 0.0780. The minimum absolute atomic E-state index is 0.0790. The summed E-state index contributed by atoms with van der Waals surface area (Å²) in [6.45, 7) is 1.33. The van der Waals surface area contributed by atoms with Crippen molar-refractivity contribution in [2.45, 2.75) is 12.6 Å². The van der Waals surface area contributed by atoms with Crippen LogP contribution in [0.5, 0.6) is 5.75 Å². The van der Waals surface area contributed by atoms with Crippen molar-refractivity contribution in [3.8, 4) is 5.75 Å². The molecule has 0 fully saturated rings. The molecule has 6 nitrogen and oxygen atoms in total. The lowest BCUT2D eigenvalue weighted by Gasteiger charge is -2.20. The Morgan fingerprint density at radius 3 is 2.76 bits per heavy atom. The van der Waals surface area contributed by atoms with Gasteiger partial charge in [-0.05, 0) is 24.7 Å². The Morgan fingerprint density at radius 1 is 1.43 bits per heavy atom. The van der Waals surface area contributed by atoms with Gasteiger partial charge in [0.25, 0.3) is 0 Å². The van der Waals surface area contributed by atoms with E-state index < -0.39 is 15.9 Å². The predicted molar refractivity (Wildman–Crippen MR) is 83.0 cm³/mol. The first kappa shape index (κ1) is 17.9. The average Bonchev–Trinajstić information content (AvgIpc) is 2.42. The summed E-state index contributed by atoms with van der Waals surface area (Å²) < 4.78 is 27.6. The van der Waals surface area contributed by atoms with Gasteiger partial charge in [0, 0.05) is 25.9 Å². The third kappa shape index (κ3) is 8.01. The number of aliphatic hydroxyl groups excluding tert-OH is 1. The summed E-state index contributed by atoms with van der Waals surface area (Å²) in [5.74, 6) is 0.742. The van der Waals surface area contributed by atoms with Crippen molar-refractivity contribution in [1.29, 1.82) is 0 Å². The van der Waals surface area contributed by atoms with Gasteiger partial charge >= 0.3 is 0 Å². The first-order valence-electron chi connectivity index (χ1n) is 6.76. The number of hydrogen-bond donors (Lipinski definition) is 2. The SMILES string of the molecule is CN(CCS(C)(=O)=O)CC(O)COc1cccc(CN)c1. The van der Waals surface area contributed by atoms with E-state index in [2.05, 4.69) is 0 Å². The van der Waals surface area contributed by atoms with Crippen molar-refractivity contribution in [2.24, 2.45) is 5.73 Å². The van der Waals surface area contributed by atoms with E-state index in [1.807, 2.05) is 18.2 Å². The number of benzene rings is 1. The molecule has 7 heteroatoms. The summed E-state index contributed by atoms with van der Waals surface area (Å²) in [7, 11) is -1.22. The molecule has 120 valence electrons. The molecule has 0 saturated carbocycles. The molecular weight excluding hydrogens is 292 g/mol. The maximum atomic E-state index is 11.1. The largest absolute Gasteiger partial charge is 0.491 e. The van der Waals surface area contributed by atoms with Crippen LogP contribution in [0.1, 0.15) is 5.56 Å². The van der Waals surface area contributed by atoms with E-state index in [1.165, 1.54) is 6.26 Å². The van der Waals surface area contributed by atoms with Crippen LogP contribution in [0.3, 0.4) is 0 Å². The Hall–Kier alpha value is -1.15. The second-order valence-electron chi connectivity index (χ2n) is 5.21. The van der Waals surface area contributed by atoms with Crippen LogP contribution >= 0.6 is 0 Å². The average molecular weight is 316 g/mol. The highest BCUT2D eigenvalue weighted by Crippen LogP contribution is 2.13. The first-order valence-corrected chi connectivity index (χ1v) is 8.82. The molecule has 1 rings (SSSR count). The van der Waals surface area contributed by atoms with E-state index in [9.17, 15) is 13.5 Å². The molecule has 0 aliphatic rings. The Bertz CT molecular complexity index is 534. The number of aliphatic hydroxyl groups is 1. The lowest BCUT2D eigenvalue weighted by atomic mass is 10.2. The highest BCUT2D eigenvalue weighted by molar-refractivity contribution is 7.90. The van der Waals surface area contributed by atoms with Crippen LogP contribution in [0.25, 0.3) is 0 Å². The fourth-order valence-corrected chi connectivity index (χ4v) is 2.42. The Balaban J connectivity index is 2.34. The maximum Gasteiger partial charge on any atom is 0.148 e. The maximum absolute atomic E-state index is 11.1. The number of rotatable bonds is 9. The Kier molecular flexibility index (Phi) is 7.10. The first-order chi connectivity index (χ1) is 9.80. The molecule has 1 aromatic rings. The fraction of sp³-hybridized carbons (Fsp3) is 0.571. The van der Waals surface area contributed by atoms with Gasteiger partial charge in [-0.15, -0.1) is 0 Å². The molecular formula is C14H24N2O4S. The smallest absolute Gasteiger partial charge is 0.148 e. The minimum atomic E-state index is -2.98. The van der Waals surface area contributed by atoms with Gasteiger partial charge in [0.15, 0.2) is 0 Å². The standard InChI is InChI=1S/C14H24N2O4S/c1-16(6-7-21(2,18)19)10-13(17)11-20-14-5-3-4-12(8-14)9-15/h3-5,8,13,17H,6-7,9-11,15H2,1-2H3. The summed E-state index contributed by atoms with van der Waals surface area (Å²) in [6.07, 6.45) is 0.515. The molecule has 1 aromatic carbocycles. The van der Waals surface area contributed by atoms with Crippen molar-refractivity contribution in [3.05, 3.63) is 29.8 Å². The zero-order valence-corrected chi connectivity index (χ0v) is 13.3.